The third-order valence-electron chi connectivity index (χ3n) is 4.99. The summed E-state index contributed by atoms with van der Waals surface area (Å²) in [5.74, 6) is 0. The maximum Gasteiger partial charge on any atom is 0.472 e. The molecule has 1 fully saturated rings. The number of methoxy groups -OCH3 is 1. The van der Waals surface area contributed by atoms with Gasteiger partial charge in [-0.15, -0.1) is 0 Å². The second kappa shape index (κ2) is 18.3. The Morgan fingerprint density at radius 2 is 1.32 bits per heavy atom. The van der Waals surface area contributed by atoms with E-state index in [1.54, 1.807) is 0 Å². The van der Waals surface area contributed by atoms with Crippen molar-refractivity contribution in [1.29, 1.82) is 0 Å². The van der Waals surface area contributed by atoms with Gasteiger partial charge < -0.3 is 44.4 Å². The summed E-state index contributed by atoms with van der Waals surface area (Å²) in [5, 5.41) is 27.7. The van der Waals surface area contributed by atoms with Crippen molar-refractivity contribution in [1.82, 2.24) is 9.80 Å². The number of phosphoric acid groups is 1. The topological polar surface area (TPSA) is 152 Å². The van der Waals surface area contributed by atoms with Crippen molar-refractivity contribution in [3.8, 4) is 0 Å². The van der Waals surface area contributed by atoms with E-state index in [0.29, 0.717) is 0 Å². The molecule has 1 aliphatic rings. The predicted octanol–water partition coefficient (Wildman–Crippen LogP) is 0.246. The highest BCUT2D eigenvalue weighted by Crippen LogP contribution is 2.41. The molecule has 1 aliphatic heterocycles. The van der Waals surface area contributed by atoms with Crippen molar-refractivity contribution < 1.29 is 43.7 Å². The zero-order valence-electron chi connectivity index (χ0n) is 20.0. The predicted molar refractivity (Wildman–Crippen MR) is 119 cm³/mol. The molecule has 0 amide bonds. The highest BCUT2D eigenvalue weighted by Gasteiger charge is 2.49. The largest absolute Gasteiger partial charge is 0.472 e. The second-order valence-electron chi connectivity index (χ2n) is 6.74. The van der Waals surface area contributed by atoms with E-state index in [0.717, 1.165) is 0 Å². The van der Waals surface area contributed by atoms with Crippen molar-refractivity contribution in [3.63, 3.8) is 0 Å². The van der Waals surface area contributed by atoms with Gasteiger partial charge in [-0.3, -0.25) is 4.52 Å². The minimum absolute atomic E-state index is 0.653. The van der Waals surface area contributed by atoms with Crippen LogP contribution in [0.25, 0.3) is 0 Å². The van der Waals surface area contributed by atoms with Crippen LogP contribution in [0, 0.1) is 0 Å². The van der Waals surface area contributed by atoms with Gasteiger partial charge in [-0.05, 0) is 39.3 Å². The quantitative estimate of drug-likeness (QED) is 0.261. The molecule has 0 aromatic carbocycles. The van der Waals surface area contributed by atoms with Crippen molar-refractivity contribution in [2.75, 3.05) is 53.0 Å². The number of aliphatic hydroxyl groups excluding tert-OH is 3. The number of rotatable bonds is 11. The molecule has 0 aromatic heterocycles. The Kier molecular flexibility index (Phi) is 19.5. The summed E-state index contributed by atoms with van der Waals surface area (Å²) in [6.07, 6.45) is -6.68. The molecule has 5 atom stereocenters. The molecule has 12 heteroatoms. The van der Waals surface area contributed by atoms with Gasteiger partial charge in [-0.25, -0.2) is 4.57 Å². The van der Waals surface area contributed by atoms with Crippen molar-refractivity contribution >= 4 is 7.82 Å². The van der Waals surface area contributed by atoms with Crippen molar-refractivity contribution in [3.05, 3.63) is 0 Å². The van der Waals surface area contributed by atoms with Gasteiger partial charge in [-0.2, -0.15) is 0 Å². The lowest BCUT2D eigenvalue weighted by atomic mass is 10.1. The molecule has 190 valence electrons. The fourth-order valence-corrected chi connectivity index (χ4v) is 3.36. The fraction of sp³-hybridized carbons (Fsp3) is 1.00. The van der Waals surface area contributed by atoms with Gasteiger partial charge in [0.25, 0.3) is 0 Å². The highest BCUT2D eigenvalue weighted by atomic mass is 31.2. The molecule has 0 unspecified atom stereocenters. The third-order valence-corrected chi connectivity index (χ3v) is 5.48. The number of nitrogens with zero attached hydrogens (tertiary/aromatic N) is 2. The first-order chi connectivity index (χ1) is 14.5. The van der Waals surface area contributed by atoms with Crippen LogP contribution in [0.5, 0.6) is 0 Å². The lowest BCUT2D eigenvalue weighted by Gasteiger charge is -2.21. The summed E-state index contributed by atoms with van der Waals surface area (Å²) < 4.78 is 24.5. The molecular weight excluding hydrogens is 431 g/mol. The molecule has 1 saturated heterocycles. The molecule has 0 aromatic rings. The normalized spacial score (nSPS) is 24.5. The van der Waals surface area contributed by atoms with Crippen molar-refractivity contribution in [2.45, 2.75) is 72.2 Å². The smallest absolute Gasteiger partial charge is 0.394 e. The number of ether oxygens (including phenoxy) is 2. The Morgan fingerprint density at radius 1 is 0.935 bits per heavy atom. The maximum absolute atomic E-state index is 10.6. The minimum Gasteiger partial charge on any atom is -0.394 e. The molecular formula is C19H45N2O9P. The van der Waals surface area contributed by atoms with E-state index >= 15 is 0 Å². The lowest BCUT2D eigenvalue weighted by Crippen LogP contribution is -2.41. The third kappa shape index (κ3) is 13.9. The van der Waals surface area contributed by atoms with Crippen LogP contribution < -0.4 is 0 Å². The summed E-state index contributed by atoms with van der Waals surface area (Å²) in [7, 11) is -3.62. The van der Waals surface area contributed by atoms with Crippen LogP contribution in [-0.4, -0.2) is 119 Å². The van der Waals surface area contributed by atoms with Crippen molar-refractivity contribution in [2.24, 2.45) is 0 Å². The molecule has 1 heterocycles. The Hall–Kier alpha value is -0.170. The van der Waals surface area contributed by atoms with E-state index in [2.05, 4.69) is 55.9 Å². The van der Waals surface area contributed by atoms with E-state index in [4.69, 9.17) is 24.4 Å². The zero-order valence-corrected chi connectivity index (χ0v) is 20.9. The first-order valence-electron chi connectivity index (χ1n) is 10.8. The first-order valence-corrected chi connectivity index (χ1v) is 12.4. The monoisotopic (exact) mass is 476 g/mol. The highest BCUT2D eigenvalue weighted by molar-refractivity contribution is 7.46. The molecule has 0 aliphatic carbocycles. The Bertz CT molecular complexity index is 439. The summed E-state index contributed by atoms with van der Waals surface area (Å²) in [6.45, 7) is 19.6. The van der Waals surface area contributed by atoms with Crippen LogP contribution in [-0.2, 0) is 18.6 Å². The number of hydrogen-bond acceptors (Lipinski definition) is 9. The van der Waals surface area contributed by atoms with Gasteiger partial charge in [0.1, 0.15) is 24.4 Å². The average molecular weight is 477 g/mol. The second-order valence-corrected chi connectivity index (χ2v) is 7.94. The Labute approximate surface area is 187 Å². The van der Waals surface area contributed by atoms with Gasteiger partial charge in [0.05, 0.1) is 6.61 Å². The molecule has 11 nitrogen and oxygen atoms in total. The SMILES string of the molecule is CCN(CC)CC.CCN(CC)CC.CO[C@@H]1[C@@H](O)[C@@H](OP(=O)(O)O)O[C@H]1[C@H](O)CO. The van der Waals surface area contributed by atoms with E-state index in [1.165, 1.54) is 46.4 Å². The first kappa shape index (κ1) is 33.0. The molecule has 5 N–H and O–H groups in total. The molecule has 0 radical (unpaired) electrons. The van der Waals surface area contributed by atoms with E-state index < -0.39 is 45.1 Å². The summed E-state index contributed by atoms with van der Waals surface area (Å²) in [4.78, 5) is 21.9. The van der Waals surface area contributed by atoms with Gasteiger partial charge in [0, 0.05) is 7.11 Å². The summed E-state index contributed by atoms with van der Waals surface area (Å²) in [5.41, 5.74) is 0. The summed E-state index contributed by atoms with van der Waals surface area (Å²) in [6, 6.07) is 0. The van der Waals surface area contributed by atoms with Crippen LogP contribution >= 0.6 is 7.82 Å². The summed E-state index contributed by atoms with van der Waals surface area (Å²) >= 11 is 0. The van der Waals surface area contributed by atoms with Gasteiger partial charge in [0.15, 0.2) is 6.29 Å². The van der Waals surface area contributed by atoms with Crippen LogP contribution in [0.1, 0.15) is 41.5 Å². The number of aliphatic hydroxyl groups is 3. The molecule has 0 bridgehead atoms. The molecule has 0 spiro atoms. The number of hydrogen-bond donors (Lipinski definition) is 5. The van der Waals surface area contributed by atoms with Gasteiger partial charge >= 0.3 is 7.82 Å². The van der Waals surface area contributed by atoms with E-state index in [9.17, 15) is 14.8 Å². The standard InChI is InChI=1S/C7H15O9P.2C6H15N/c1-14-6-4(10)7(16-17(11,12)13)15-5(6)3(9)2-8;2*1-4-7(5-2)6-3/h3-10H,2H2,1H3,(H2,11,12,13);2*4-6H2,1-3H3/t3-,4-,5+,6-,7-;;/m1../s1. The molecule has 31 heavy (non-hydrogen) atoms. The minimum atomic E-state index is -4.84. The lowest BCUT2D eigenvalue weighted by molar-refractivity contribution is -0.144. The van der Waals surface area contributed by atoms with Crippen LogP contribution in [0.2, 0.25) is 0 Å². The number of phosphoric ester groups is 1. The maximum atomic E-state index is 10.6. The van der Waals surface area contributed by atoms with E-state index in [-0.39, 0.29) is 0 Å². The van der Waals surface area contributed by atoms with Crippen LogP contribution in [0.4, 0.5) is 0 Å². The molecule has 1 rings (SSSR count). The van der Waals surface area contributed by atoms with Gasteiger partial charge in [0.2, 0.25) is 0 Å². The van der Waals surface area contributed by atoms with Crippen LogP contribution in [0.15, 0.2) is 0 Å². The zero-order chi connectivity index (χ0) is 24.6. The fourth-order valence-electron chi connectivity index (χ4n) is 2.91. The van der Waals surface area contributed by atoms with E-state index in [1.807, 2.05) is 0 Å². The Morgan fingerprint density at radius 3 is 1.55 bits per heavy atom. The van der Waals surface area contributed by atoms with Crippen LogP contribution in [0.3, 0.4) is 0 Å². The molecule has 0 saturated carbocycles. The van der Waals surface area contributed by atoms with Gasteiger partial charge in [-0.1, -0.05) is 41.5 Å². The Balaban J connectivity index is 0. The average Bonchev–Trinajstić information content (AvgIpc) is 3.04.